The van der Waals surface area contributed by atoms with E-state index in [1.165, 1.54) is 49.9 Å². The summed E-state index contributed by atoms with van der Waals surface area (Å²) in [5, 5.41) is 3.06. The second kappa shape index (κ2) is 12.5. The minimum atomic E-state index is -0.332. The average molecular weight is 534 g/mol. The molecule has 200 valence electrons. The van der Waals surface area contributed by atoms with Gasteiger partial charge in [-0.05, 0) is 86.2 Å². The number of nitrogens with zero attached hydrogens (tertiary/aromatic N) is 1. The zero-order valence-corrected chi connectivity index (χ0v) is 27.1. The van der Waals surface area contributed by atoms with Crippen LogP contribution in [0, 0.1) is 27.7 Å². The third-order valence-corrected chi connectivity index (χ3v) is 13.4. The SMILES string of the molecule is Cc1ccc(N(c2ccc(C)cc2P(C(C)C)C(C)C)c2ccc(C)cc2P(C(C)C)C(C)C)c(C)c1. The van der Waals surface area contributed by atoms with Crippen molar-refractivity contribution >= 4 is 43.5 Å². The Labute approximate surface area is 230 Å². The van der Waals surface area contributed by atoms with Gasteiger partial charge in [-0.2, -0.15) is 0 Å². The lowest BCUT2D eigenvalue weighted by Gasteiger charge is -2.37. The van der Waals surface area contributed by atoms with Crippen LogP contribution < -0.4 is 15.5 Å². The maximum absolute atomic E-state index is 2.62. The van der Waals surface area contributed by atoms with Crippen molar-refractivity contribution in [2.24, 2.45) is 0 Å². The number of rotatable bonds is 9. The summed E-state index contributed by atoms with van der Waals surface area (Å²) in [6, 6.07) is 21.4. The summed E-state index contributed by atoms with van der Waals surface area (Å²) in [7, 11) is -0.665. The lowest BCUT2D eigenvalue weighted by atomic mass is 10.1. The molecule has 0 heterocycles. The van der Waals surface area contributed by atoms with E-state index in [9.17, 15) is 0 Å². The lowest BCUT2D eigenvalue weighted by molar-refractivity contribution is 1.02. The van der Waals surface area contributed by atoms with E-state index in [-0.39, 0.29) is 15.8 Å². The molecule has 0 aliphatic rings. The van der Waals surface area contributed by atoms with Crippen molar-refractivity contribution in [3.8, 4) is 0 Å². The molecule has 3 aromatic carbocycles. The van der Waals surface area contributed by atoms with Crippen molar-refractivity contribution in [2.75, 3.05) is 4.90 Å². The Balaban J connectivity index is 2.46. The van der Waals surface area contributed by atoms with Crippen LogP contribution in [0.3, 0.4) is 0 Å². The Morgan fingerprint density at radius 2 is 0.784 bits per heavy atom. The molecule has 0 bridgehead atoms. The fourth-order valence-corrected chi connectivity index (χ4v) is 12.0. The van der Waals surface area contributed by atoms with Crippen LogP contribution in [0.5, 0.6) is 0 Å². The van der Waals surface area contributed by atoms with Crippen molar-refractivity contribution in [3.05, 3.63) is 76.9 Å². The van der Waals surface area contributed by atoms with Crippen LogP contribution in [0.1, 0.15) is 77.6 Å². The summed E-state index contributed by atoms with van der Waals surface area (Å²) < 4.78 is 0. The molecule has 0 atom stereocenters. The summed E-state index contributed by atoms with van der Waals surface area (Å²) in [4.78, 5) is 2.62. The van der Waals surface area contributed by atoms with Crippen LogP contribution in [0.15, 0.2) is 54.6 Å². The molecule has 0 radical (unpaired) electrons. The molecule has 3 rings (SSSR count). The van der Waals surface area contributed by atoms with E-state index in [0.717, 1.165) is 0 Å². The predicted molar refractivity (Wildman–Crippen MR) is 174 cm³/mol. The van der Waals surface area contributed by atoms with Crippen LogP contribution in [-0.2, 0) is 0 Å². The fraction of sp³-hybridized carbons (Fsp3) is 0.471. The van der Waals surface area contributed by atoms with Crippen molar-refractivity contribution in [1.82, 2.24) is 0 Å². The standard InChI is InChI=1S/C34H49NP2/c1-22(2)36(23(3)4)33-20-27(10)14-17-31(33)35(30-16-13-26(9)19-29(30)12)32-18-15-28(11)21-34(32)37(24(5)6)25(7)8/h13-25H,1-12H3. The van der Waals surface area contributed by atoms with Gasteiger partial charge in [0.2, 0.25) is 0 Å². The zero-order chi connectivity index (χ0) is 27.6. The van der Waals surface area contributed by atoms with E-state index >= 15 is 0 Å². The highest BCUT2D eigenvalue weighted by molar-refractivity contribution is 7.67. The topological polar surface area (TPSA) is 3.24 Å². The van der Waals surface area contributed by atoms with Crippen molar-refractivity contribution in [1.29, 1.82) is 0 Å². The second-order valence-electron chi connectivity index (χ2n) is 11.8. The molecule has 37 heavy (non-hydrogen) atoms. The summed E-state index contributed by atoms with van der Waals surface area (Å²) in [5.74, 6) is 0. The van der Waals surface area contributed by atoms with Crippen LogP contribution in [-0.4, -0.2) is 22.6 Å². The van der Waals surface area contributed by atoms with Gasteiger partial charge in [-0.1, -0.05) is 112 Å². The van der Waals surface area contributed by atoms with Crippen LogP contribution in [0.25, 0.3) is 0 Å². The summed E-state index contributed by atoms with van der Waals surface area (Å²) in [6.07, 6.45) is 0. The fourth-order valence-electron chi connectivity index (χ4n) is 5.81. The van der Waals surface area contributed by atoms with Crippen molar-refractivity contribution in [2.45, 2.75) is 106 Å². The zero-order valence-electron chi connectivity index (χ0n) is 25.3. The van der Waals surface area contributed by atoms with Gasteiger partial charge in [0.1, 0.15) is 0 Å². The number of hydrogen-bond donors (Lipinski definition) is 0. The second-order valence-corrected chi connectivity index (χ2v) is 18.5. The first kappa shape index (κ1) is 29.9. The van der Waals surface area contributed by atoms with Crippen LogP contribution in [0.4, 0.5) is 17.1 Å². The third kappa shape index (κ3) is 6.67. The molecule has 0 saturated carbocycles. The predicted octanol–water partition coefficient (Wildman–Crippen LogP) is 10.2. The van der Waals surface area contributed by atoms with E-state index in [4.69, 9.17) is 0 Å². The highest BCUT2D eigenvalue weighted by atomic mass is 31.1. The first-order valence-electron chi connectivity index (χ1n) is 14.0. The van der Waals surface area contributed by atoms with Gasteiger partial charge in [-0.3, -0.25) is 0 Å². The smallest absolute Gasteiger partial charge is 0.0539 e. The van der Waals surface area contributed by atoms with E-state index in [0.29, 0.717) is 22.6 Å². The average Bonchev–Trinajstić information content (AvgIpc) is 2.76. The van der Waals surface area contributed by atoms with Gasteiger partial charge in [0.15, 0.2) is 0 Å². The van der Waals surface area contributed by atoms with Crippen LogP contribution in [0.2, 0.25) is 0 Å². The molecular formula is C34H49NP2. The molecule has 0 N–H and O–H groups in total. The molecule has 0 aliphatic carbocycles. The highest BCUT2D eigenvalue weighted by Crippen LogP contribution is 2.52. The van der Waals surface area contributed by atoms with Gasteiger partial charge in [-0.15, -0.1) is 0 Å². The van der Waals surface area contributed by atoms with E-state index in [2.05, 4.69) is 143 Å². The minimum Gasteiger partial charge on any atom is -0.309 e. The Morgan fingerprint density at radius 3 is 1.11 bits per heavy atom. The number of aryl methyl sites for hydroxylation is 4. The highest BCUT2D eigenvalue weighted by Gasteiger charge is 2.30. The molecule has 0 amide bonds. The van der Waals surface area contributed by atoms with Crippen molar-refractivity contribution in [3.63, 3.8) is 0 Å². The summed E-state index contributed by atoms with van der Waals surface area (Å²) >= 11 is 0. The Kier molecular flexibility index (Phi) is 10.1. The number of benzene rings is 3. The first-order chi connectivity index (χ1) is 17.3. The normalized spacial score (nSPS) is 12.2. The lowest BCUT2D eigenvalue weighted by Crippen LogP contribution is -2.28. The quantitative estimate of drug-likeness (QED) is 0.247. The largest absolute Gasteiger partial charge is 0.309 e. The van der Waals surface area contributed by atoms with Crippen molar-refractivity contribution < 1.29 is 0 Å². The molecule has 0 aliphatic heterocycles. The van der Waals surface area contributed by atoms with Gasteiger partial charge < -0.3 is 4.90 Å². The summed E-state index contributed by atoms with van der Waals surface area (Å²) in [5.41, 5.74) is 11.9. The minimum absolute atomic E-state index is 0.332. The molecule has 1 nitrogen and oxygen atoms in total. The Bertz CT molecular complexity index is 1120. The Hall–Kier alpha value is -1.68. The Morgan fingerprint density at radius 1 is 0.459 bits per heavy atom. The van der Waals surface area contributed by atoms with Gasteiger partial charge in [0.05, 0.1) is 11.4 Å². The first-order valence-corrected chi connectivity index (χ1v) is 16.9. The molecule has 0 unspecified atom stereocenters. The molecule has 3 aromatic rings. The van der Waals surface area contributed by atoms with Crippen LogP contribution >= 0.6 is 15.8 Å². The van der Waals surface area contributed by atoms with E-state index in [1.54, 1.807) is 0 Å². The number of anilines is 3. The molecule has 0 aromatic heterocycles. The number of hydrogen-bond acceptors (Lipinski definition) is 1. The third-order valence-electron chi connectivity index (χ3n) is 7.12. The maximum Gasteiger partial charge on any atom is 0.0539 e. The maximum atomic E-state index is 2.62. The van der Waals surface area contributed by atoms with E-state index in [1.807, 2.05) is 0 Å². The molecule has 0 saturated heterocycles. The van der Waals surface area contributed by atoms with Gasteiger partial charge in [0, 0.05) is 16.3 Å². The molecule has 0 spiro atoms. The molecule has 3 heteroatoms. The monoisotopic (exact) mass is 533 g/mol. The van der Waals surface area contributed by atoms with E-state index < -0.39 is 0 Å². The van der Waals surface area contributed by atoms with Gasteiger partial charge in [0.25, 0.3) is 0 Å². The molecule has 0 fully saturated rings. The van der Waals surface area contributed by atoms with Gasteiger partial charge in [-0.25, -0.2) is 0 Å². The van der Waals surface area contributed by atoms with Gasteiger partial charge >= 0.3 is 0 Å². The summed E-state index contributed by atoms with van der Waals surface area (Å²) in [6.45, 7) is 28.2. The molecular weight excluding hydrogens is 484 g/mol.